The minimum atomic E-state index is 0.606. The molecular weight excluding hydrogens is 649 g/mol. The maximum Gasteiger partial charge on any atom is 0.164 e. The quantitative estimate of drug-likeness (QED) is 0.174. The predicted molar refractivity (Wildman–Crippen MR) is 216 cm³/mol. The standard InChI is InChI=1S/C47H28N6/c1-2-9-33-26-34(21-16-29(33)8-1)45-50-44(32-19-17-31(18-20-32)36-13-7-10-30-24-25-48-28-40(30)36)51-46(52-45)35-22-23-38-37-11-3-4-12-39(37)47-49-41-14-5-6-15-42(41)53(47)43(38)27-35/h1-28H. The number of rotatable bonds is 4. The highest BCUT2D eigenvalue weighted by Gasteiger charge is 2.17. The molecule has 0 fully saturated rings. The van der Waals surface area contributed by atoms with Crippen LogP contribution in [0.4, 0.5) is 0 Å². The van der Waals surface area contributed by atoms with Gasteiger partial charge in [-0.3, -0.25) is 9.38 Å². The highest BCUT2D eigenvalue weighted by atomic mass is 15.0. The summed E-state index contributed by atoms with van der Waals surface area (Å²) in [6, 6.07) is 54.9. The monoisotopic (exact) mass is 676 g/mol. The highest BCUT2D eigenvalue weighted by molar-refractivity contribution is 6.14. The van der Waals surface area contributed by atoms with Gasteiger partial charge in [-0.25, -0.2) is 19.9 Å². The van der Waals surface area contributed by atoms with Crippen LogP contribution < -0.4 is 0 Å². The molecule has 0 unspecified atom stereocenters. The number of hydrogen-bond acceptors (Lipinski definition) is 5. The number of hydrogen-bond donors (Lipinski definition) is 0. The molecule has 6 nitrogen and oxygen atoms in total. The lowest BCUT2D eigenvalue weighted by Crippen LogP contribution is -2.01. The van der Waals surface area contributed by atoms with Crippen molar-refractivity contribution in [2.24, 2.45) is 0 Å². The van der Waals surface area contributed by atoms with E-state index in [-0.39, 0.29) is 0 Å². The van der Waals surface area contributed by atoms with Crippen LogP contribution in [-0.2, 0) is 0 Å². The number of benzene rings is 7. The molecule has 0 atom stereocenters. The minimum absolute atomic E-state index is 0.606. The maximum absolute atomic E-state index is 5.16. The second-order valence-corrected chi connectivity index (χ2v) is 13.4. The van der Waals surface area contributed by atoms with Crippen molar-refractivity contribution in [3.8, 4) is 45.3 Å². The van der Waals surface area contributed by atoms with Gasteiger partial charge in [0.2, 0.25) is 0 Å². The Kier molecular flexibility index (Phi) is 6.45. The molecule has 11 rings (SSSR count). The molecule has 7 aromatic carbocycles. The summed E-state index contributed by atoms with van der Waals surface area (Å²) in [6.45, 7) is 0. The van der Waals surface area contributed by atoms with E-state index < -0.39 is 0 Å². The van der Waals surface area contributed by atoms with Crippen LogP contribution in [0.1, 0.15) is 0 Å². The fourth-order valence-corrected chi connectivity index (χ4v) is 7.70. The molecule has 0 spiro atoms. The van der Waals surface area contributed by atoms with Crippen LogP contribution in [0.3, 0.4) is 0 Å². The second-order valence-electron chi connectivity index (χ2n) is 13.4. The van der Waals surface area contributed by atoms with Crippen molar-refractivity contribution in [2.75, 3.05) is 0 Å². The fraction of sp³-hybridized carbons (Fsp3) is 0. The van der Waals surface area contributed by atoms with Crippen LogP contribution in [-0.4, -0.2) is 29.3 Å². The number of fused-ring (bicyclic) bond motifs is 10. The molecule has 11 aromatic rings. The molecule has 246 valence electrons. The summed E-state index contributed by atoms with van der Waals surface area (Å²) in [5.41, 5.74) is 8.99. The molecule has 0 bridgehead atoms. The summed E-state index contributed by atoms with van der Waals surface area (Å²) in [4.78, 5) is 24.9. The molecule has 4 aromatic heterocycles. The zero-order valence-electron chi connectivity index (χ0n) is 28.3. The zero-order valence-corrected chi connectivity index (χ0v) is 28.3. The molecule has 0 N–H and O–H groups in total. The van der Waals surface area contributed by atoms with Crippen molar-refractivity contribution < 1.29 is 0 Å². The van der Waals surface area contributed by atoms with Crippen LogP contribution in [0.15, 0.2) is 170 Å². The Labute approximate surface area is 303 Å². The highest BCUT2D eigenvalue weighted by Crippen LogP contribution is 2.36. The molecule has 4 heterocycles. The first kappa shape index (κ1) is 29.4. The molecule has 0 saturated carbocycles. The first-order valence-corrected chi connectivity index (χ1v) is 17.7. The van der Waals surface area contributed by atoms with E-state index in [0.29, 0.717) is 17.5 Å². The molecular formula is C47H28N6. The van der Waals surface area contributed by atoms with Crippen molar-refractivity contribution >= 4 is 59.9 Å². The SMILES string of the molecule is c1ccc2cc(-c3nc(-c4ccc(-c5cccc6ccncc56)cc4)nc(-c4ccc5c6ccccc6c6nc7ccccc7n6c5c4)n3)ccc2c1. The van der Waals surface area contributed by atoms with Gasteiger partial charge in [0.15, 0.2) is 17.5 Å². The van der Waals surface area contributed by atoms with Crippen LogP contribution in [0.5, 0.6) is 0 Å². The Morgan fingerprint density at radius 3 is 1.91 bits per heavy atom. The number of nitrogens with zero attached hydrogens (tertiary/aromatic N) is 6. The third-order valence-electron chi connectivity index (χ3n) is 10.3. The first-order valence-electron chi connectivity index (χ1n) is 17.7. The van der Waals surface area contributed by atoms with E-state index in [0.717, 1.165) is 82.3 Å². The maximum atomic E-state index is 5.16. The Balaban J connectivity index is 1.12. The van der Waals surface area contributed by atoms with Gasteiger partial charge in [0, 0.05) is 45.2 Å². The Morgan fingerprint density at radius 2 is 1.04 bits per heavy atom. The molecule has 0 amide bonds. The van der Waals surface area contributed by atoms with Crippen LogP contribution in [0.2, 0.25) is 0 Å². The van der Waals surface area contributed by atoms with Crippen LogP contribution >= 0.6 is 0 Å². The minimum Gasteiger partial charge on any atom is -0.292 e. The number of aromatic nitrogens is 6. The fourth-order valence-electron chi connectivity index (χ4n) is 7.70. The van der Waals surface area contributed by atoms with Gasteiger partial charge in [-0.05, 0) is 63.0 Å². The smallest absolute Gasteiger partial charge is 0.164 e. The number of pyridine rings is 2. The summed E-state index contributed by atoms with van der Waals surface area (Å²) < 4.78 is 2.27. The van der Waals surface area contributed by atoms with Crippen LogP contribution in [0, 0.1) is 0 Å². The summed E-state index contributed by atoms with van der Waals surface area (Å²) in [5.74, 6) is 1.84. The van der Waals surface area contributed by atoms with E-state index in [1.165, 1.54) is 5.39 Å². The topological polar surface area (TPSA) is 68.9 Å². The van der Waals surface area contributed by atoms with Gasteiger partial charge in [-0.2, -0.15) is 0 Å². The molecule has 53 heavy (non-hydrogen) atoms. The second kappa shape index (κ2) is 11.6. The van der Waals surface area contributed by atoms with E-state index in [9.17, 15) is 0 Å². The molecule has 0 aliphatic heterocycles. The van der Waals surface area contributed by atoms with Crippen molar-refractivity contribution in [3.05, 3.63) is 170 Å². The molecule has 0 radical (unpaired) electrons. The van der Waals surface area contributed by atoms with Gasteiger partial charge in [0.1, 0.15) is 5.65 Å². The Morgan fingerprint density at radius 1 is 0.377 bits per heavy atom. The van der Waals surface area contributed by atoms with E-state index in [1.54, 1.807) is 0 Å². The largest absolute Gasteiger partial charge is 0.292 e. The molecule has 6 heteroatoms. The lowest BCUT2D eigenvalue weighted by atomic mass is 9.98. The van der Waals surface area contributed by atoms with Crippen molar-refractivity contribution in [3.63, 3.8) is 0 Å². The van der Waals surface area contributed by atoms with E-state index in [2.05, 4.69) is 155 Å². The van der Waals surface area contributed by atoms with E-state index >= 15 is 0 Å². The van der Waals surface area contributed by atoms with Gasteiger partial charge in [0.05, 0.1) is 16.6 Å². The van der Waals surface area contributed by atoms with Crippen LogP contribution in [0.25, 0.3) is 105 Å². The van der Waals surface area contributed by atoms with Crippen molar-refractivity contribution in [1.82, 2.24) is 29.3 Å². The average Bonchev–Trinajstić information content (AvgIpc) is 3.63. The van der Waals surface area contributed by atoms with Crippen molar-refractivity contribution in [2.45, 2.75) is 0 Å². The normalized spacial score (nSPS) is 11.8. The number of imidazole rings is 1. The lowest BCUT2D eigenvalue weighted by molar-refractivity contribution is 1.07. The first-order chi connectivity index (χ1) is 26.2. The predicted octanol–water partition coefficient (Wildman–Crippen LogP) is 11.3. The van der Waals surface area contributed by atoms with Gasteiger partial charge >= 0.3 is 0 Å². The van der Waals surface area contributed by atoms with Gasteiger partial charge in [-0.15, -0.1) is 0 Å². The summed E-state index contributed by atoms with van der Waals surface area (Å²) in [6.07, 6.45) is 3.76. The van der Waals surface area contributed by atoms with Gasteiger partial charge in [0.25, 0.3) is 0 Å². The Hall–Kier alpha value is -7.31. The zero-order chi connectivity index (χ0) is 34.9. The van der Waals surface area contributed by atoms with Gasteiger partial charge < -0.3 is 0 Å². The Bertz CT molecular complexity index is 3230. The molecule has 0 aliphatic carbocycles. The number of para-hydroxylation sites is 2. The average molecular weight is 677 g/mol. The third-order valence-corrected chi connectivity index (χ3v) is 10.3. The molecule has 0 saturated heterocycles. The van der Waals surface area contributed by atoms with E-state index in [4.69, 9.17) is 19.9 Å². The third kappa shape index (κ3) is 4.77. The summed E-state index contributed by atoms with van der Waals surface area (Å²) in [5, 5.41) is 8.00. The van der Waals surface area contributed by atoms with Crippen molar-refractivity contribution in [1.29, 1.82) is 0 Å². The van der Waals surface area contributed by atoms with Gasteiger partial charge in [-0.1, -0.05) is 127 Å². The summed E-state index contributed by atoms with van der Waals surface area (Å²) >= 11 is 0. The van der Waals surface area contributed by atoms with E-state index in [1.807, 2.05) is 24.5 Å². The summed E-state index contributed by atoms with van der Waals surface area (Å²) in [7, 11) is 0. The molecule has 0 aliphatic rings. The lowest BCUT2D eigenvalue weighted by Gasteiger charge is -2.12.